The summed E-state index contributed by atoms with van der Waals surface area (Å²) >= 11 is 0. The van der Waals surface area contributed by atoms with Gasteiger partial charge < -0.3 is 5.11 Å². The third-order valence-corrected chi connectivity index (χ3v) is 1.58. The van der Waals surface area contributed by atoms with Crippen molar-refractivity contribution in [2.45, 2.75) is 12.5 Å². The third kappa shape index (κ3) is 3.00. The molecule has 0 radical (unpaired) electrons. The van der Waals surface area contributed by atoms with Crippen LogP contribution in [-0.2, 0) is 11.3 Å². The van der Waals surface area contributed by atoms with E-state index in [1.165, 1.54) is 0 Å². The van der Waals surface area contributed by atoms with Crippen molar-refractivity contribution in [3.8, 4) is 0 Å². The molecule has 0 aromatic heterocycles. The minimum absolute atomic E-state index is 0.0467. The molecule has 0 spiro atoms. The first-order chi connectivity index (χ1) is 5.83. The summed E-state index contributed by atoms with van der Waals surface area (Å²) < 4.78 is 0. The van der Waals surface area contributed by atoms with Gasteiger partial charge in [0.15, 0.2) is 0 Å². The average molecular weight is 168 g/mol. The van der Waals surface area contributed by atoms with Gasteiger partial charge in [-0.05, 0) is 5.56 Å². The van der Waals surface area contributed by atoms with E-state index >= 15 is 0 Å². The van der Waals surface area contributed by atoms with Crippen molar-refractivity contribution in [1.82, 2.24) is 0 Å². The van der Waals surface area contributed by atoms with Gasteiger partial charge >= 0.3 is 0 Å². The summed E-state index contributed by atoms with van der Waals surface area (Å²) in [7, 11) is 0. The number of benzene rings is 1. The first-order valence-electron chi connectivity index (χ1n) is 3.81. The number of hydrogen-bond donors (Lipinski definition) is 2. The van der Waals surface area contributed by atoms with Crippen LogP contribution in [0.1, 0.15) is 5.56 Å². The maximum atomic E-state index is 9.22. The van der Waals surface area contributed by atoms with Gasteiger partial charge in [0.05, 0.1) is 6.10 Å². The number of hydrogen-bond acceptors (Lipinski definition) is 3. The molecule has 1 aromatic carbocycles. The van der Waals surface area contributed by atoms with Gasteiger partial charge in [0.2, 0.25) is 0 Å². The Morgan fingerprint density at radius 1 is 1.25 bits per heavy atom. The van der Waals surface area contributed by atoms with Crippen molar-refractivity contribution in [3.05, 3.63) is 35.9 Å². The summed E-state index contributed by atoms with van der Waals surface area (Å²) in [5.74, 6) is 0. The monoisotopic (exact) mass is 168 g/mol. The fraction of sp³-hybridized carbons (Fsp3) is 0.333. The van der Waals surface area contributed by atoms with E-state index in [9.17, 15) is 5.11 Å². The highest BCUT2D eigenvalue weighted by Gasteiger charge is 2.04. The Morgan fingerprint density at radius 2 is 1.92 bits per heavy atom. The van der Waals surface area contributed by atoms with E-state index < -0.39 is 6.10 Å². The van der Waals surface area contributed by atoms with Crippen molar-refractivity contribution >= 4 is 0 Å². The van der Waals surface area contributed by atoms with Crippen LogP contribution in [-0.4, -0.2) is 23.1 Å². The predicted octanol–water partition coefficient (Wildman–Crippen LogP) is 1.08. The van der Waals surface area contributed by atoms with E-state index in [2.05, 4.69) is 4.89 Å². The normalized spacial score (nSPS) is 12.8. The third-order valence-electron chi connectivity index (χ3n) is 1.58. The van der Waals surface area contributed by atoms with E-state index in [0.717, 1.165) is 5.56 Å². The van der Waals surface area contributed by atoms with E-state index in [1.54, 1.807) is 0 Å². The Bertz CT molecular complexity index is 210. The second-order valence-electron chi connectivity index (χ2n) is 2.64. The van der Waals surface area contributed by atoms with Gasteiger partial charge in [-0.3, -0.25) is 5.26 Å². The summed E-state index contributed by atoms with van der Waals surface area (Å²) in [6.07, 6.45) is -0.140. The van der Waals surface area contributed by atoms with Crippen LogP contribution in [0.15, 0.2) is 30.3 Å². The quantitative estimate of drug-likeness (QED) is 0.522. The van der Waals surface area contributed by atoms with Gasteiger partial charge in [-0.25, -0.2) is 4.89 Å². The molecule has 1 atom stereocenters. The van der Waals surface area contributed by atoms with Gasteiger partial charge in [-0.15, -0.1) is 0 Å². The zero-order chi connectivity index (χ0) is 8.81. The maximum absolute atomic E-state index is 9.22. The minimum Gasteiger partial charge on any atom is -0.390 e. The maximum Gasteiger partial charge on any atom is 0.108 e. The summed E-state index contributed by atoms with van der Waals surface area (Å²) in [5.41, 5.74) is 1.03. The van der Waals surface area contributed by atoms with Crippen molar-refractivity contribution in [1.29, 1.82) is 0 Å². The summed E-state index contributed by atoms with van der Waals surface area (Å²) in [4.78, 5) is 3.83. The molecule has 0 saturated carbocycles. The fourth-order valence-electron chi connectivity index (χ4n) is 1.03. The lowest BCUT2D eigenvalue weighted by Gasteiger charge is -2.07. The zero-order valence-electron chi connectivity index (χ0n) is 6.68. The molecule has 1 rings (SSSR count). The molecule has 1 aromatic rings. The lowest BCUT2D eigenvalue weighted by molar-refractivity contribution is -0.256. The van der Waals surface area contributed by atoms with Crippen molar-refractivity contribution in [3.63, 3.8) is 0 Å². The average Bonchev–Trinajstić information content (AvgIpc) is 2.06. The molecule has 0 aliphatic heterocycles. The lowest BCUT2D eigenvalue weighted by atomic mass is 10.1. The molecule has 12 heavy (non-hydrogen) atoms. The van der Waals surface area contributed by atoms with Crippen LogP contribution in [0.4, 0.5) is 0 Å². The fourth-order valence-corrected chi connectivity index (χ4v) is 1.03. The highest BCUT2D eigenvalue weighted by atomic mass is 17.1. The van der Waals surface area contributed by atoms with Crippen LogP contribution < -0.4 is 0 Å². The summed E-state index contributed by atoms with van der Waals surface area (Å²) in [5, 5.41) is 17.3. The van der Waals surface area contributed by atoms with E-state index in [0.29, 0.717) is 6.42 Å². The molecule has 0 aliphatic rings. The van der Waals surface area contributed by atoms with Crippen molar-refractivity contribution < 1.29 is 15.3 Å². The molecule has 0 aliphatic carbocycles. The summed E-state index contributed by atoms with van der Waals surface area (Å²) in [6.45, 7) is -0.0467. The molecule has 0 heterocycles. The second-order valence-corrected chi connectivity index (χ2v) is 2.64. The largest absolute Gasteiger partial charge is 0.390 e. The topological polar surface area (TPSA) is 49.7 Å². The molecule has 0 fully saturated rings. The Labute approximate surface area is 71.2 Å². The van der Waals surface area contributed by atoms with E-state index in [4.69, 9.17) is 5.26 Å². The molecular weight excluding hydrogens is 156 g/mol. The Kier molecular flexibility index (Phi) is 3.73. The van der Waals surface area contributed by atoms with Gasteiger partial charge in [-0.1, -0.05) is 30.3 Å². The SMILES string of the molecule is OOCC(O)Cc1ccccc1. The highest BCUT2D eigenvalue weighted by molar-refractivity contribution is 5.15. The molecule has 0 bridgehead atoms. The Hall–Kier alpha value is -0.900. The number of aliphatic hydroxyl groups is 1. The lowest BCUT2D eigenvalue weighted by Crippen LogP contribution is -2.16. The molecule has 3 heteroatoms. The molecular formula is C9H12O3. The standard InChI is InChI=1S/C9H12O3/c10-9(7-12-11)6-8-4-2-1-3-5-8/h1-5,9-11H,6-7H2. The molecule has 2 N–H and O–H groups in total. The van der Waals surface area contributed by atoms with E-state index in [1.807, 2.05) is 30.3 Å². The van der Waals surface area contributed by atoms with Crippen LogP contribution in [0.3, 0.4) is 0 Å². The molecule has 1 unspecified atom stereocenters. The smallest absolute Gasteiger partial charge is 0.108 e. The van der Waals surface area contributed by atoms with Crippen LogP contribution in [0.2, 0.25) is 0 Å². The molecule has 3 nitrogen and oxygen atoms in total. The molecule has 0 saturated heterocycles. The number of rotatable bonds is 4. The van der Waals surface area contributed by atoms with Gasteiger partial charge in [0.25, 0.3) is 0 Å². The van der Waals surface area contributed by atoms with Crippen LogP contribution in [0, 0.1) is 0 Å². The van der Waals surface area contributed by atoms with Crippen LogP contribution in [0.25, 0.3) is 0 Å². The minimum atomic E-state index is -0.641. The second kappa shape index (κ2) is 4.87. The van der Waals surface area contributed by atoms with Crippen LogP contribution >= 0.6 is 0 Å². The van der Waals surface area contributed by atoms with Gasteiger partial charge in [0, 0.05) is 6.42 Å². The van der Waals surface area contributed by atoms with Crippen LogP contribution in [0.5, 0.6) is 0 Å². The van der Waals surface area contributed by atoms with Gasteiger partial charge in [0.1, 0.15) is 6.61 Å². The molecule has 66 valence electrons. The Morgan fingerprint density at radius 3 is 2.50 bits per heavy atom. The van der Waals surface area contributed by atoms with Crippen molar-refractivity contribution in [2.75, 3.05) is 6.61 Å². The summed E-state index contributed by atoms with van der Waals surface area (Å²) in [6, 6.07) is 9.56. The number of aliphatic hydroxyl groups excluding tert-OH is 1. The predicted molar refractivity (Wildman–Crippen MR) is 44.7 cm³/mol. The first kappa shape index (κ1) is 9.19. The van der Waals surface area contributed by atoms with Crippen molar-refractivity contribution in [2.24, 2.45) is 0 Å². The highest BCUT2D eigenvalue weighted by Crippen LogP contribution is 2.02. The van der Waals surface area contributed by atoms with Gasteiger partial charge in [-0.2, -0.15) is 0 Å². The zero-order valence-corrected chi connectivity index (χ0v) is 6.68. The Balaban J connectivity index is 2.41. The first-order valence-corrected chi connectivity index (χ1v) is 3.81. The van der Waals surface area contributed by atoms with E-state index in [-0.39, 0.29) is 6.61 Å². The molecule has 0 amide bonds.